The van der Waals surface area contributed by atoms with Crippen LogP contribution in [-0.4, -0.2) is 12.6 Å². The van der Waals surface area contributed by atoms with Gasteiger partial charge in [-0.3, -0.25) is 0 Å². The van der Waals surface area contributed by atoms with E-state index in [0.29, 0.717) is 6.61 Å². The average molecular weight is 190 g/mol. The first-order chi connectivity index (χ1) is 6.72. The van der Waals surface area contributed by atoms with Gasteiger partial charge in [0.2, 0.25) is 0 Å². The first-order valence-electron chi connectivity index (χ1n) is 4.64. The highest BCUT2D eigenvalue weighted by atomic mass is 16.5. The highest BCUT2D eigenvalue weighted by Crippen LogP contribution is 2.04. The van der Waals surface area contributed by atoms with Crippen LogP contribution in [0.2, 0.25) is 0 Å². The third-order valence-electron chi connectivity index (χ3n) is 1.78. The number of aryl methyl sites for hydroxylation is 1. The van der Waals surface area contributed by atoms with Crippen LogP contribution < -0.4 is 0 Å². The van der Waals surface area contributed by atoms with Gasteiger partial charge in [-0.1, -0.05) is 29.8 Å². The molecule has 0 fully saturated rings. The summed E-state index contributed by atoms with van der Waals surface area (Å²) < 4.78 is 4.76. The van der Waals surface area contributed by atoms with E-state index in [1.807, 2.05) is 31.2 Å². The van der Waals surface area contributed by atoms with E-state index >= 15 is 0 Å². The molecule has 0 bridgehead atoms. The molecule has 0 aliphatic rings. The number of ether oxygens (including phenoxy) is 1. The van der Waals surface area contributed by atoms with Gasteiger partial charge in [-0.05, 0) is 25.5 Å². The molecule has 0 aliphatic carbocycles. The smallest absolute Gasteiger partial charge is 0.330 e. The molecule has 0 radical (unpaired) electrons. The molecule has 1 aromatic carbocycles. The molecule has 0 saturated carbocycles. The Morgan fingerprint density at radius 3 is 2.57 bits per heavy atom. The third kappa shape index (κ3) is 3.44. The highest BCUT2D eigenvalue weighted by molar-refractivity contribution is 5.86. The lowest BCUT2D eigenvalue weighted by Crippen LogP contribution is -1.98. The van der Waals surface area contributed by atoms with E-state index in [2.05, 4.69) is 0 Å². The molecule has 14 heavy (non-hydrogen) atoms. The molecule has 0 N–H and O–H groups in total. The van der Waals surface area contributed by atoms with Crippen molar-refractivity contribution >= 4 is 12.0 Å². The molecule has 2 heteroatoms. The molecule has 1 aromatic rings. The van der Waals surface area contributed by atoms with Crippen LogP contribution >= 0.6 is 0 Å². The second-order valence-electron chi connectivity index (χ2n) is 3.00. The predicted octanol–water partition coefficient (Wildman–Crippen LogP) is 2.57. The molecule has 0 amide bonds. The lowest BCUT2D eigenvalue weighted by atomic mass is 10.1. The summed E-state index contributed by atoms with van der Waals surface area (Å²) in [4.78, 5) is 11.0. The number of esters is 1. The fraction of sp³-hybridized carbons (Fsp3) is 0.250. The van der Waals surface area contributed by atoms with Gasteiger partial charge in [0.25, 0.3) is 0 Å². The number of hydrogen-bond acceptors (Lipinski definition) is 2. The van der Waals surface area contributed by atoms with Crippen molar-refractivity contribution < 1.29 is 9.53 Å². The van der Waals surface area contributed by atoms with Gasteiger partial charge in [0.05, 0.1) is 6.61 Å². The zero-order chi connectivity index (χ0) is 10.4. The summed E-state index contributed by atoms with van der Waals surface area (Å²) in [7, 11) is 0. The Morgan fingerprint density at radius 1 is 1.36 bits per heavy atom. The fourth-order valence-electron chi connectivity index (χ4n) is 1.03. The maximum atomic E-state index is 11.0. The van der Waals surface area contributed by atoms with Gasteiger partial charge in [-0.25, -0.2) is 4.79 Å². The molecule has 0 atom stereocenters. The summed E-state index contributed by atoms with van der Waals surface area (Å²) in [5.74, 6) is -0.298. The number of carbonyl (C=O) groups excluding carboxylic acids is 1. The first kappa shape index (κ1) is 10.5. The van der Waals surface area contributed by atoms with Crippen molar-refractivity contribution in [3.63, 3.8) is 0 Å². The van der Waals surface area contributed by atoms with Crippen LogP contribution in [0.15, 0.2) is 30.3 Å². The Kier molecular flexibility index (Phi) is 3.92. The predicted molar refractivity (Wildman–Crippen MR) is 56.8 cm³/mol. The number of hydrogen-bond donors (Lipinski definition) is 0. The Balaban J connectivity index is 2.60. The van der Waals surface area contributed by atoms with Crippen LogP contribution in [0, 0.1) is 6.92 Å². The van der Waals surface area contributed by atoms with Crippen LogP contribution in [0.4, 0.5) is 0 Å². The van der Waals surface area contributed by atoms with Crippen molar-refractivity contribution in [2.75, 3.05) is 6.61 Å². The fourth-order valence-corrected chi connectivity index (χ4v) is 1.03. The van der Waals surface area contributed by atoms with Gasteiger partial charge in [-0.15, -0.1) is 0 Å². The number of benzene rings is 1. The van der Waals surface area contributed by atoms with Crippen molar-refractivity contribution in [2.45, 2.75) is 13.8 Å². The summed E-state index contributed by atoms with van der Waals surface area (Å²) in [6, 6.07) is 7.94. The van der Waals surface area contributed by atoms with Crippen molar-refractivity contribution in [2.24, 2.45) is 0 Å². The van der Waals surface area contributed by atoms with E-state index < -0.39 is 0 Å². The molecule has 0 heterocycles. The van der Waals surface area contributed by atoms with E-state index in [-0.39, 0.29) is 5.97 Å². The lowest BCUT2D eigenvalue weighted by molar-refractivity contribution is -0.137. The van der Waals surface area contributed by atoms with Gasteiger partial charge < -0.3 is 4.74 Å². The minimum Gasteiger partial charge on any atom is -0.463 e. The third-order valence-corrected chi connectivity index (χ3v) is 1.78. The Labute approximate surface area is 84.2 Å². The zero-order valence-corrected chi connectivity index (χ0v) is 8.49. The van der Waals surface area contributed by atoms with Crippen LogP contribution in [0.25, 0.3) is 6.08 Å². The van der Waals surface area contributed by atoms with Gasteiger partial charge in [0.15, 0.2) is 0 Å². The maximum absolute atomic E-state index is 11.0. The molecular weight excluding hydrogens is 176 g/mol. The molecular formula is C12H14O2. The van der Waals surface area contributed by atoms with Crippen molar-refractivity contribution in [3.05, 3.63) is 41.5 Å². The van der Waals surface area contributed by atoms with E-state index in [4.69, 9.17) is 4.74 Å². The van der Waals surface area contributed by atoms with Gasteiger partial charge >= 0.3 is 5.97 Å². The van der Waals surface area contributed by atoms with Crippen molar-refractivity contribution in [3.8, 4) is 0 Å². The Hall–Kier alpha value is -1.57. The summed E-state index contributed by atoms with van der Waals surface area (Å²) >= 11 is 0. The van der Waals surface area contributed by atoms with Crippen molar-refractivity contribution in [1.82, 2.24) is 0 Å². The quantitative estimate of drug-likeness (QED) is 0.541. The Bertz CT molecular complexity index is 323. The largest absolute Gasteiger partial charge is 0.463 e. The lowest BCUT2D eigenvalue weighted by Gasteiger charge is -1.96. The van der Waals surface area contributed by atoms with Crippen LogP contribution in [0.3, 0.4) is 0 Å². The average Bonchev–Trinajstić information content (AvgIpc) is 2.17. The summed E-state index contributed by atoms with van der Waals surface area (Å²) in [6.07, 6.45) is 3.19. The minimum atomic E-state index is -0.298. The topological polar surface area (TPSA) is 26.3 Å². The second kappa shape index (κ2) is 5.22. The van der Waals surface area contributed by atoms with Crippen LogP contribution in [-0.2, 0) is 9.53 Å². The number of rotatable bonds is 3. The summed E-state index contributed by atoms with van der Waals surface area (Å²) in [5, 5.41) is 0. The SMILES string of the molecule is CCOC(=O)C=Cc1ccc(C)cc1. The molecule has 0 saturated heterocycles. The molecule has 2 nitrogen and oxygen atoms in total. The summed E-state index contributed by atoms with van der Waals surface area (Å²) in [5.41, 5.74) is 2.21. The molecule has 74 valence electrons. The van der Waals surface area contributed by atoms with Crippen LogP contribution in [0.5, 0.6) is 0 Å². The standard InChI is InChI=1S/C12H14O2/c1-3-14-12(13)9-8-11-6-4-10(2)5-7-11/h4-9H,3H2,1-2H3. The normalized spacial score (nSPS) is 10.4. The summed E-state index contributed by atoms with van der Waals surface area (Å²) in [6.45, 7) is 4.23. The molecule has 0 aromatic heterocycles. The maximum Gasteiger partial charge on any atom is 0.330 e. The first-order valence-corrected chi connectivity index (χ1v) is 4.64. The van der Waals surface area contributed by atoms with Crippen LogP contribution in [0.1, 0.15) is 18.1 Å². The highest BCUT2D eigenvalue weighted by Gasteiger charge is 1.93. The van der Waals surface area contributed by atoms with E-state index in [9.17, 15) is 4.79 Å². The van der Waals surface area contributed by atoms with Gasteiger partial charge in [0, 0.05) is 6.08 Å². The molecule has 0 aliphatic heterocycles. The van der Waals surface area contributed by atoms with E-state index in [1.165, 1.54) is 11.6 Å². The molecule has 0 unspecified atom stereocenters. The van der Waals surface area contributed by atoms with E-state index in [1.54, 1.807) is 13.0 Å². The van der Waals surface area contributed by atoms with E-state index in [0.717, 1.165) is 5.56 Å². The Morgan fingerprint density at radius 2 is 2.00 bits per heavy atom. The monoisotopic (exact) mass is 190 g/mol. The zero-order valence-electron chi connectivity index (χ0n) is 8.49. The van der Waals surface area contributed by atoms with Gasteiger partial charge in [0.1, 0.15) is 0 Å². The molecule has 1 rings (SSSR count). The second-order valence-corrected chi connectivity index (χ2v) is 3.00. The van der Waals surface area contributed by atoms with Gasteiger partial charge in [-0.2, -0.15) is 0 Å². The minimum absolute atomic E-state index is 0.298. The van der Waals surface area contributed by atoms with Crippen molar-refractivity contribution in [1.29, 1.82) is 0 Å². The number of carbonyl (C=O) groups is 1. The molecule has 0 spiro atoms.